The summed E-state index contributed by atoms with van der Waals surface area (Å²) in [5.41, 5.74) is 0.926. The lowest BCUT2D eigenvalue weighted by Crippen LogP contribution is -1.97. The summed E-state index contributed by atoms with van der Waals surface area (Å²) in [5, 5.41) is 2.60. The van der Waals surface area contributed by atoms with Gasteiger partial charge >= 0.3 is 0 Å². The lowest BCUT2D eigenvalue weighted by Gasteiger charge is -2.11. The standard InChI is InChI=1S/C18H12Cl4N2O2S/c1-25-16-8-23-18(27-9-10-2-3-11(19)7-15(10)22)24-17(16)26-14-5-12(20)4-13(21)6-14/h2-8H,9H2,1H3. The number of methoxy groups -OCH3 is 1. The third-order valence-corrected chi connectivity index (χ3v) is 5.28. The van der Waals surface area contributed by atoms with Crippen LogP contribution in [0, 0.1) is 0 Å². The van der Waals surface area contributed by atoms with Crippen molar-refractivity contribution in [3.05, 3.63) is 68.2 Å². The van der Waals surface area contributed by atoms with Crippen LogP contribution in [0.2, 0.25) is 20.1 Å². The first-order chi connectivity index (χ1) is 12.9. The average Bonchev–Trinajstić information content (AvgIpc) is 2.60. The normalized spacial score (nSPS) is 10.7. The topological polar surface area (TPSA) is 44.2 Å². The Morgan fingerprint density at radius 3 is 2.37 bits per heavy atom. The first-order valence-electron chi connectivity index (χ1n) is 7.56. The van der Waals surface area contributed by atoms with Gasteiger partial charge in [0.2, 0.25) is 0 Å². The summed E-state index contributed by atoms with van der Waals surface area (Å²) in [5.74, 6) is 1.67. The number of ether oxygens (including phenoxy) is 2. The van der Waals surface area contributed by atoms with Gasteiger partial charge < -0.3 is 9.47 Å². The molecule has 0 amide bonds. The first-order valence-corrected chi connectivity index (χ1v) is 10.1. The number of aromatic nitrogens is 2. The maximum Gasteiger partial charge on any atom is 0.266 e. The van der Waals surface area contributed by atoms with Gasteiger partial charge in [-0.15, -0.1) is 0 Å². The van der Waals surface area contributed by atoms with Crippen molar-refractivity contribution in [3.8, 4) is 17.4 Å². The summed E-state index contributed by atoms with van der Waals surface area (Å²) in [6.07, 6.45) is 1.54. The van der Waals surface area contributed by atoms with Gasteiger partial charge in [-0.25, -0.2) is 4.98 Å². The van der Waals surface area contributed by atoms with Crippen molar-refractivity contribution >= 4 is 58.2 Å². The van der Waals surface area contributed by atoms with Crippen LogP contribution in [0.5, 0.6) is 17.4 Å². The molecular formula is C18H12Cl4N2O2S. The van der Waals surface area contributed by atoms with Crippen molar-refractivity contribution in [1.29, 1.82) is 0 Å². The molecule has 9 heteroatoms. The Labute approximate surface area is 180 Å². The molecule has 0 radical (unpaired) electrons. The van der Waals surface area contributed by atoms with Crippen LogP contribution in [-0.2, 0) is 5.75 Å². The molecule has 0 N–H and O–H groups in total. The van der Waals surface area contributed by atoms with Crippen molar-refractivity contribution in [1.82, 2.24) is 9.97 Å². The highest BCUT2D eigenvalue weighted by molar-refractivity contribution is 7.98. The smallest absolute Gasteiger partial charge is 0.266 e. The molecule has 0 spiro atoms. The van der Waals surface area contributed by atoms with Crippen molar-refractivity contribution in [2.75, 3.05) is 7.11 Å². The highest BCUT2D eigenvalue weighted by atomic mass is 35.5. The molecule has 0 aliphatic heterocycles. The van der Waals surface area contributed by atoms with E-state index in [1.54, 1.807) is 36.5 Å². The molecule has 0 aliphatic carbocycles. The second-order valence-electron chi connectivity index (χ2n) is 5.26. The Bertz CT molecular complexity index is 952. The van der Waals surface area contributed by atoms with Crippen LogP contribution < -0.4 is 9.47 Å². The van der Waals surface area contributed by atoms with E-state index in [1.807, 2.05) is 6.07 Å². The minimum absolute atomic E-state index is 0.260. The van der Waals surface area contributed by atoms with E-state index in [2.05, 4.69) is 9.97 Å². The summed E-state index contributed by atoms with van der Waals surface area (Å²) >= 11 is 25.6. The minimum Gasteiger partial charge on any atom is -0.490 e. The molecule has 0 aliphatic rings. The first kappa shape index (κ1) is 20.4. The van der Waals surface area contributed by atoms with Crippen molar-refractivity contribution in [3.63, 3.8) is 0 Å². The maximum atomic E-state index is 6.20. The van der Waals surface area contributed by atoms with E-state index in [1.165, 1.54) is 18.9 Å². The van der Waals surface area contributed by atoms with Gasteiger partial charge in [-0.2, -0.15) is 4.98 Å². The number of rotatable bonds is 6. The number of halogens is 4. The quantitative estimate of drug-likeness (QED) is 0.287. The van der Waals surface area contributed by atoms with E-state index < -0.39 is 0 Å². The average molecular weight is 462 g/mol. The number of nitrogens with zero attached hydrogens (tertiary/aromatic N) is 2. The van der Waals surface area contributed by atoms with Crippen LogP contribution in [-0.4, -0.2) is 17.1 Å². The Balaban J connectivity index is 1.80. The molecule has 0 unspecified atom stereocenters. The lowest BCUT2D eigenvalue weighted by atomic mass is 10.2. The molecule has 2 aromatic carbocycles. The van der Waals surface area contributed by atoms with Gasteiger partial charge in [0.25, 0.3) is 5.88 Å². The van der Waals surface area contributed by atoms with Crippen LogP contribution in [0.1, 0.15) is 5.56 Å². The van der Waals surface area contributed by atoms with Crippen LogP contribution in [0.15, 0.2) is 47.8 Å². The van der Waals surface area contributed by atoms with Crippen molar-refractivity contribution in [2.24, 2.45) is 0 Å². The second-order valence-corrected chi connectivity index (χ2v) is 7.92. The second kappa shape index (κ2) is 9.22. The molecule has 0 saturated carbocycles. The van der Waals surface area contributed by atoms with Gasteiger partial charge in [-0.1, -0.05) is 64.2 Å². The molecule has 3 aromatic rings. The highest BCUT2D eigenvalue weighted by Gasteiger charge is 2.13. The monoisotopic (exact) mass is 460 g/mol. The predicted octanol–water partition coefficient (Wildman–Crippen LogP) is 7.18. The van der Waals surface area contributed by atoms with Crippen molar-refractivity contribution in [2.45, 2.75) is 10.9 Å². The zero-order valence-electron chi connectivity index (χ0n) is 13.9. The van der Waals surface area contributed by atoms with E-state index >= 15 is 0 Å². The molecule has 3 rings (SSSR count). The zero-order chi connectivity index (χ0) is 19.4. The molecule has 27 heavy (non-hydrogen) atoms. The molecule has 0 fully saturated rings. The molecular weight excluding hydrogens is 450 g/mol. The van der Waals surface area contributed by atoms with Crippen LogP contribution >= 0.6 is 58.2 Å². The number of thioether (sulfide) groups is 1. The van der Waals surface area contributed by atoms with Gasteiger partial charge in [-0.3, -0.25) is 0 Å². The molecule has 0 saturated heterocycles. The summed E-state index contributed by atoms with van der Waals surface area (Å²) in [6, 6.07) is 10.2. The SMILES string of the molecule is COc1cnc(SCc2ccc(Cl)cc2Cl)nc1Oc1cc(Cl)cc(Cl)c1. The largest absolute Gasteiger partial charge is 0.490 e. The Kier molecular flexibility index (Phi) is 6.95. The van der Waals surface area contributed by atoms with Gasteiger partial charge in [0.05, 0.1) is 13.3 Å². The third kappa shape index (κ3) is 5.56. The molecule has 0 bridgehead atoms. The molecule has 140 valence electrons. The molecule has 1 aromatic heterocycles. The minimum atomic E-state index is 0.260. The Morgan fingerprint density at radius 2 is 1.70 bits per heavy atom. The van der Waals surface area contributed by atoms with Gasteiger partial charge in [0.15, 0.2) is 10.9 Å². The van der Waals surface area contributed by atoms with E-state index in [4.69, 9.17) is 55.9 Å². The number of hydrogen-bond acceptors (Lipinski definition) is 5. The molecule has 4 nitrogen and oxygen atoms in total. The van der Waals surface area contributed by atoms with Gasteiger partial charge in [-0.05, 0) is 35.9 Å². The van der Waals surface area contributed by atoms with Gasteiger partial charge in [0.1, 0.15) is 5.75 Å². The van der Waals surface area contributed by atoms with Crippen molar-refractivity contribution < 1.29 is 9.47 Å². The van der Waals surface area contributed by atoms with Gasteiger partial charge in [0, 0.05) is 25.8 Å². The van der Waals surface area contributed by atoms with E-state index in [0.717, 1.165) is 5.56 Å². The highest BCUT2D eigenvalue weighted by Crippen LogP contribution is 2.34. The van der Waals surface area contributed by atoms with Crippen LogP contribution in [0.4, 0.5) is 0 Å². The molecule has 1 heterocycles. The Hall–Kier alpha value is -1.37. The number of hydrogen-bond donors (Lipinski definition) is 0. The lowest BCUT2D eigenvalue weighted by molar-refractivity contribution is 0.363. The van der Waals surface area contributed by atoms with Crippen LogP contribution in [0.25, 0.3) is 0 Å². The molecule has 0 atom stereocenters. The zero-order valence-corrected chi connectivity index (χ0v) is 17.7. The third-order valence-electron chi connectivity index (χ3n) is 3.34. The van der Waals surface area contributed by atoms with E-state index in [9.17, 15) is 0 Å². The van der Waals surface area contributed by atoms with E-state index in [0.29, 0.717) is 42.5 Å². The predicted molar refractivity (Wildman–Crippen MR) is 111 cm³/mol. The fourth-order valence-electron chi connectivity index (χ4n) is 2.10. The van der Waals surface area contributed by atoms with E-state index in [-0.39, 0.29) is 5.88 Å². The summed E-state index contributed by atoms with van der Waals surface area (Å²) in [7, 11) is 1.51. The summed E-state index contributed by atoms with van der Waals surface area (Å²) in [6.45, 7) is 0. The fraction of sp³-hybridized carbons (Fsp3) is 0.111. The Morgan fingerprint density at radius 1 is 0.963 bits per heavy atom. The fourth-order valence-corrected chi connectivity index (χ4v) is 3.97. The summed E-state index contributed by atoms with van der Waals surface area (Å²) in [4.78, 5) is 8.68. The van der Waals surface area contributed by atoms with Crippen LogP contribution in [0.3, 0.4) is 0 Å². The summed E-state index contributed by atoms with van der Waals surface area (Å²) < 4.78 is 11.1. The maximum absolute atomic E-state index is 6.20. The number of benzene rings is 2.